The first-order valence-corrected chi connectivity index (χ1v) is 7.96. The van der Waals surface area contributed by atoms with Crippen molar-refractivity contribution in [3.63, 3.8) is 0 Å². The van der Waals surface area contributed by atoms with Crippen LogP contribution in [0.2, 0.25) is 0 Å². The molecule has 25 heavy (non-hydrogen) atoms. The first-order chi connectivity index (χ1) is 12.2. The highest BCUT2D eigenvalue weighted by Crippen LogP contribution is 2.24. The average Bonchev–Trinajstić information content (AvgIpc) is 3.05. The molecule has 2 aromatic rings. The minimum Gasteiger partial charge on any atom is -0.323 e. The highest BCUT2D eigenvalue weighted by molar-refractivity contribution is 5.71. The Hall–Kier alpha value is -3.32. The van der Waals surface area contributed by atoms with Gasteiger partial charge in [0.15, 0.2) is 0 Å². The molecule has 0 saturated carbocycles. The number of nitrogens with zero attached hydrogens (tertiary/aromatic N) is 2. The lowest BCUT2D eigenvalue weighted by atomic mass is 10.1. The zero-order valence-electron chi connectivity index (χ0n) is 13.8. The summed E-state index contributed by atoms with van der Waals surface area (Å²) in [6, 6.07) is 18.1. The van der Waals surface area contributed by atoms with Crippen LogP contribution in [-0.2, 0) is 6.54 Å². The van der Waals surface area contributed by atoms with E-state index in [1.165, 1.54) is 11.0 Å². The van der Waals surface area contributed by atoms with Crippen LogP contribution in [0.5, 0.6) is 0 Å². The first kappa shape index (κ1) is 16.5. The van der Waals surface area contributed by atoms with Gasteiger partial charge in [-0.2, -0.15) is 5.41 Å². The Balaban J connectivity index is 1.66. The lowest BCUT2D eigenvalue weighted by molar-refractivity contribution is -0.468. The molecule has 3 rings (SSSR count). The van der Waals surface area contributed by atoms with Crippen LogP contribution >= 0.6 is 0 Å². The summed E-state index contributed by atoms with van der Waals surface area (Å²) in [6.45, 7) is 0.566. The van der Waals surface area contributed by atoms with Gasteiger partial charge in [-0.3, -0.25) is 15.9 Å². The lowest BCUT2D eigenvalue weighted by Gasteiger charge is -2.25. The SMILES string of the molecule is N=C[N+](=CN)NCc1ccc(N2NC(c3ccccc3)=CC2N)cc1. The molecule has 1 aliphatic rings. The number of nitrogens with one attached hydrogen (secondary N) is 3. The summed E-state index contributed by atoms with van der Waals surface area (Å²) in [4.78, 5) is 0. The summed E-state index contributed by atoms with van der Waals surface area (Å²) < 4.78 is 1.39. The van der Waals surface area contributed by atoms with Crippen molar-refractivity contribution < 1.29 is 4.68 Å². The van der Waals surface area contributed by atoms with Crippen molar-refractivity contribution in [3.05, 3.63) is 71.8 Å². The van der Waals surface area contributed by atoms with E-state index in [0.29, 0.717) is 6.54 Å². The van der Waals surface area contributed by atoms with Crippen molar-refractivity contribution in [1.82, 2.24) is 10.9 Å². The average molecular weight is 336 g/mol. The maximum Gasteiger partial charge on any atom is 0.238 e. The largest absolute Gasteiger partial charge is 0.323 e. The smallest absolute Gasteiger partial charge is 0.238 e. The Morgan fingerprint density at radius 2 is 1.88 bits per heavy atom. The zero-order chi connectivity index (χ0) is 17.6. The van der Waals surface area contributed by atoms with Gasteiger partial charge >= 0.3 is 0 Å². The molecular weight excluding hydrogens is 314 g/mol. The summed E-state index contributed by atoms with van der Waals surface area (Å²) in [5.41, 5.74) is 22.1. The molecule has 0 aromatic heterocycles. The van der Waals surface area contributed by atoms with Gasteiger partial charge in [-0.05, 0) is 29.3 Å². The van der Waals surface area contributed by atoms with Crippen molar-refractivity contribution in [2.24, 2.45) is 11.5 Å². The number of hydrogen-bond acceptors (Lipinski definition) is 5. The van der Waals surface area contributed by atoms with E-state index in [-0.39, 0.29) is 6.17 Å². The van der Waals surface area contributed by atoms with Crippen molar-refractivity contribution in [3.8, 4) is 0 Å². The molecular formula is C18H22N7+. The fourth-order valence-electron chi connectivity index (χ4n) is 2.60. The molecule has 0 saturated heterocycles. The molecule has 1 aliphatic heterocycles. The van der Waals surface area contributed by atoms with E-state index >= 15 is 0 Å². The second-order valence-corrected chi connectivity index (χ2v) is 5.61. The molecule has 7 heteroatoms. The minimum absolute atomic E-state index is 0.237. The minimum atomic E-state index is -0.237. The molecule has 1 atom stereocenters. The van der Waals surface area contributed by atoms with E-state index < -0.39 is 0 Å². The van der Waals surface area contributed by atoms with Gasteiger partial charge in [-0.25, -0.2) is 0 Å². The molecule has 7 nitrogen and oxygen atoms in total. The number of hydrazine groups is 2. The lowest BCUT2D eigenvalue weighted by Crippen LogP contribution is -2.43. The monoisotopic (exact) mass is 336 g/mol. The van der Waals surface area contributed by atoms with Gasteiger partial charge in [0.1, 0.15) is 6.17 Å². The Bertz CT molecular complexity index is 781. The van der Waals surface area contributed by atoms with Gasteiger partial charge in [0.25, 0.3) is 0 Å². The molecule has 2 aromatic carbocycles. The summed E-state index contributed by atoms with van der Waals surface area (Å²) in [6.07, 6.45) is 4.17. The van der Waals surface area contributed by atoms with Crippen LogP contribution in [0.15, 0.2) is 60.7 Å². The number of nitrogens with two attached hydrogens (primary N) is 2. The normalized spacial score (nSPS) is 17.0. The van der Waals surface area contributed by atoms with Crippen LogP contribution in [0.4, 0.5) is 5.69 Å². The topological polar surface area (TPSA) is 106 Å². The number of benzene rings is 2. The van der Waals surface area contributed by atoms with Crippen LogP contribution in [-0.4, -0.2) is 23.5 Å². The fourth-order valence-corrected chi connectivity index (χ4v) is 2.60. The Morgan fingerprint density at radius 1 is 1.16 bits per heavy atom. The van der Waals surface area contributed by atoms with Gasteiger partial charge in [0.05, 0.1) is 17.9 Å². The predicted octanol–water partition coefficient (Wildman–Crippen LogP) is 0.948. The Labute approximate surface area is 146 Å². The molecule has 1 heterocycles. The van der Waals surface area contributed by atoms with Gasteiger partial charge < -0.3 is 11.5 Å². The number of hydrazone groups is 1. The Kier molecular flexibility index (Phi) is 4.96. The zero-order valence-corrected chi connectivity index (χ0v) is 13.8. The van der Waals surface area contributed by atoms with Crippen LogP contribution in [0.3, 0.4) is 0 Å². The van der Waals surface area contributed by atoms with E-state index in [9.17, 15) is 0 Å². The van der Waals surface area contributed by atoms with Gasteiger partial charge in [-0.15, -0.1) is 4.68 Å². The molecule has 0 radical (unpaired) electrons. The molecule has 0 spiro atoms. The third kappa shape index (κ3) is 3.78. The highest BCUT2D eigenvalue weighted by atomic mass is 15.6. The molecule has 1 unspecified atom stereocenters. The third-order valence-corrected chi connectivity index (χ3v) is 3.94. The first-order valence-electron chi connectivity index (χ1n) is 7.96. The van der Waals surface area contributed by atoms with Gasteiger partial charge in [-0.1, -0.05) is 42.5 Å². The highest BCUT2D eigenvalue weighted by Gasteiger charge is 2.22. The molecule has 0 aliphatic carbocycles. The quantitative estimate of drug-likeness (QED) is 0.234. The number of rotatable bonds is 6. The van der Waals surface area contributed by atoms with Crippen LogP contribution in [0.1, 0.15) is 11.1 Å². The predicted molar refractivity (Wildman–Crippen MR) is 101 cm³/mol. The molecule has 7 N–H and O–H groups in total. The maximum absolute atomic E-state index is 7.18. The fraction of sp³-hybridized carbons (Fsp3) is 0.111. The summed E-state index contributed by atoms with van der Waals surface area (Å²) in [5, 5.41) is 9.11. The van der Waals surface area contributed by atoms with Crippen LogP contribution in [0.25, 0.3) is 5.70 Å². The van der Waals surface area contributed by atoms with E-state index in [0.717, 1.165) is 28.8 Å². The van der Waals surface area contributed by atoms with Crippen molar-refractivity contribution >= 4 is 24.1 Å². The van der Waals surface area contributed by atoms with E-state index in [1.807, 2.05) is 65.7 Å². The van der Waals surface area contributed by atoms with Crippen molar-refractivity contribution in [2.45, 2.75) is 12.7 Å². The van der Waals surface area contributed by atoms with Crippen molar-refractivity contribution in [2.75, 3.05) is 5.01 Å². The number of anilines is 1. The summed E-state index contributed by atoms with van der Waals surface area (Å²) in [7, 11) is 0. The molecule has 0 bridgehead atoms. The Morgan fingerprint density at radius 3 is 2.52 bits per heavy atom. The van der Waals surface area contributed by atoms with E-state index in [1.54, 1.807) is 0 Å². The standard InChI is InChI=1S/C18H21N7/c19-12-24(13-20)22-11-14-6-8-16(9-7-14)25-18(21)10-17(23-25)15-4-2-1-3-5-15/h1-10,12-13,18-20,22-23H,11,21H2/p+1. The van der Waals surface area contributed by atoms with Crippen LogP contribution < -0.4 is 27.3 Å². The van der Waals surface area contributed by atoms with E-state index in [4.69, 9.17) is 16.9 Å². The second-order valence-electron chi connectivity index (χ2n) is 5.61. The summed E-state index contributed by atoms with van der Waals surface area (Å²) >= 11 is 0. The second kappa shape index (κ2) is 7.50. The molecule has 0 fully saturated rings. The third-order valence-electron chi connectivity index (χ3n) is 3.94. The van der Waals surface area contributed by atoms with Crippen molar-refractivity contribution in [1.29, 1.82) is 5.41 Å². The van der Waals surface area contributed by atoms with Gasteiger partial charge in [0.2, 0.25) is 12.7 Å². The van der Waals surface area contributed by atoms with E-state index in [2.05, 4.69) is 10.9 Å². The maximum atomic E-state index is 7.18. The van der Waals surface area contributed by atoms with Gasteiger partial charge in [0, 0.05) is 0 Å². The number of hydrogen-bond donors (Lipinski definition) is 5. The summed E-state index contributed by atoms with van der Waals surface area (Å²) in [5.74, 6) is 0. The van der Waals surface area contributed by atoms with Crippen LogP contribution in [0, 0.1) is 5.41 Å². The molecule has 128 valence electrons. The molecule has 0 amide bonds.